The van der Waals surface area contributed by atoms with E-state index in [2.05, 4.69) is 0 Å². The number of carbonyl (C=O) groups excluding carboxylic acids is 2. The summed E-state index contributed by atoms with van der Waals surface area (Å²) in [7, 11) is 0. The van der Waals surface area contributed by atoms with Crippen LogP contribution in [0.15, 0.2) is 53.5 Å². The fraction of sp³-hybridized carbons (Fsp3) is 0.150. The fourth-order valence-electron chi connectivity index (χ4n) is 2.99. The van der Waals surface area contributed by atoms with Gasteiger partial charge in [-0.1, -0.05) is 25.1 Å². The molecule has 3 rings (SSSR count). The number of nitrogens with two attached hydrogens (primary N) is 1. The van der Waals surface area contributed by atoms with E-state index >= 15 is 0 Å². The Balaban J connectivity index is 2.23. The Morgan fingerprint density at radius 1 is 1.23 bits per heavy atom. The van der Waals surface area contributed by atoms with Crippen molar-refractivity contribution in [2.45, 2.75) is 19.3 Å². The molecular weight excluding hydrogens is 332 g/mol. The van der Waals surface area contributed by atoms with E-state index in [4.69, 9.17) is 5.73 Å². The maximum Gasteiger partial charge on any atom is 0.254 e. The van der Waals surface area contributed by atoms with Crippen molar-refractivity contribution in [2.75, 3.05) is 0 Å². The highest BCUT2D eigenvalue weighted by Crippen LogP contribution is 2.26. The van der Waals surface area contributed by atoms with Crippen LogP contribution < -0.4 is 11.2 Å². The molecule has 3 N–H and O–H groups in total. The van der Waals surface area contributed by atoms with E-state index < -0.39 is 11.3 Å². The van der Waals surface area contributed by atoms with Crippen molar-refractivity contribution in [3.05, 3.63) is 70.0 Å². The summed E-state index contributed by atoms with van der Waals surface area (Å²) in [5.41, 5.74) is 6.71. The number of primary amides is 1. The summed E-state index contributed by atoms with van der Waals surface area (Å²) in [6, 6.07) is 12.1. The lowest BCUT2D eigenvalue weighted by molar-refractivity contribution is -0.108. The number of carbonyl (C=O) groups is 2. The summed E-state index contributed by atoms with van der Waals surface area (Å²) in [6.07, 6.45) is 2.70. The molecule has 3 aromatic rings. The quantitative estimate of drug-likeness (QED) is 0.690. The van der Waals surface area contributed by atoms with Gasteiger partial charge in [0.1, 0.15) is 17.6 Å². The highest BCUT2D eigenvalue weighted by Gasteiger charge is 2.16. The third-order valence-electron chi connectivity index (χ3n) is 4.47. The van der Waals surface area contributed by atoms with Gasteiger partial charge < -0.3 is 20.2 Å². The van der Waals surface area contributed by atoms with Gasteiger partial charge in [0.05, 0.1) is 10.9 Å². The van der Waals surface area contributed by atoms with E-state index in [-0.39, 0.29) is 22.6 Å². The number of amides is 1. The van der Waals surface area contributed by atoms with Crippen LogP contribution >= 0.6 is 0 Å². The van der Waals surface area contributed by atoms with Crippen LogP contribution in [0.5, 0.6) is 5.75 Å². The van der Waals surface area contributed by atoms with Crippen molar-refractivity contribution < 1.29 is 14.7 Å². The van der Waals surface area contributed by atoms with Gasteiger partial charge in [-0.3, -0.25) is 9.59 Å². The second-order valence-corrected chi connectivity index (χ2v) is 6.17. The van der Waals surface area contributed by atoms with E-state index in [9.17, 15) is 19.5 Å². The van der Waals surface area contributed by atoms with Crippen LogP contribution in [0.2, 0.25) is 0 Å². The van der Waals surface area contributed by atoms with Crippen molar-refractivity contribution in [1.29, 1.82) is 0 Å². The SMILES string of the molecule is CC(CC=O)c1ccc(-n2cc(C(N)=O)c(=O)c3c(O)cccc32)cc1. The van der Waals surface area contributed by atoms with Crippen LogP contribution in [-0.4, -0.2) is 21.9 Å². The first kappa shape index (κ1) is 17.4. The Hall–Kier alpha value is -3.41. The Labute approximate surface area is 149 Å². The average Bonchev–Trinajstić information content (AvgIpc) is 2.62. The zero-order valence-electron chi connectivity index (χ0n) is 14.2. The molecule has 0 saturated heterocycles. The summed E-state index contributed by atoms with van der Waals surface area (Å²) in [5, 5.41) is 10.2. The number of phenolic OH excluding ortho intramolecular Hbond substituents is 1. The molecular formula is C20H18N2O4. The Kier molecular flexibility index (Phi) is 4.58. The lowest BCUT2D eigenvalue weighted by Gasteiger charge is -2.15. The van der Waals surface area contributed by atoms with Crippen molar-refractivity contribution in [3.8, 4) is 11.4 Å². The minimum Gasteiger partial charge on any atom is -0.507 e. The van der Waals surface area contributed by atoms with Gasteiger partial charge in [0.25, 0.3) is 5.91 Å². The maximum atomic E-state index is 12.5. The molecule has 6 heteroatoms. The molecule has 132 valence electrons. The molecule has 1 unspecified atom stereocenters. The van der Waals surface area contributed by atoms with E-state index in [0.29, 0.717) is 17.6 Å². The van der Waals surface area contributed by atoms with Crippen LogP contribution in [0.1, 0.15) is 35.2 Å². The molecule has 0 aliphatic carbocycles. The standard InChI is InChI=1S/C20H18N2O4/c1-12(9-10-23)13-5-7-14(8-6-13)22-11-15(20(21)26)19(25)18-16(22)3-2-4-17(18)24/h2-8,10-12,24H,9H2,1H3,(H2,21,26). The summed E-state index contributed by atoms with van der Waals surface area (Å²) >= 11 is 0. The van der Waals surface area contributed by atoms with Crippen LogP contribution in [0.25, 0.3) is 16.6 Å². The monoisotopic (exact) mass is 350 g/mol. The second-order valence-electron chi connectivity index (χ2n) is 6.17. The molecule has 26 heavy (non-hydrogen) atoms. The molecule has 0 aliphatic rings. The highest BCUT2D eigenvalue weighted by molar-refractivity contribution is 5.98. The van der Waals surface area contributed by atoms with Gasteiger partial charge in [-0.2, -0.15) is 0 Å². The van der Waals surface area contributed by atoms with Crippen molar-refractivity contribution >= 4 is 23.1 Å². The predicted molar refractivity (Wildman–Crippen MR) is 98.8 cm³/mol. The molecule has 0 fully saturated rings. The lowest BCUT2D eigenvalue weighted by Crippen LogP contribution is -2.24. The molecule has 1 atom stereocenters. The van der Waals surface area contributed by atoms with E-state index in [0.717, 1.165) is 11.8 Å². The number of phenols is 1. The summed E-state index contributed by atoms with van der Waals surface area (Å²) in [5.74, 6) is -0.969. The normalized spacial score (nSPS) is 12.0. The number of nitrogens with zero attached hydrogens (tertiary/aromatic N) is 1. The molecule has 1 aromatic heterocycles. The number of aromatic hydroxyl groups is 1. The molecule has 6 nitrogen and oxygen atoms in total. The zero-order valence-corrected chi connectivity index (χ0v) is 14.2. The highest BCUT2D eigenvalue weighted by atomic mass is 16.3. The zero-order chi connectivity index (χ0) is 18.8. The van der Waals surface area contributed by atoms with Gasteiger partial charge in [-0.05, 0) is 35.7 Å². The summed E-state index contributed by atoms with van der Waals surface area (Å²) < 4.78 is 1.64. The molecule has 0 bridgehead atoms. The number of hydrogen-bond acceptors (Lipinski definition) is 4. The Morgan fingerprint density at radius 3 is 2.54 bits per heavy atom. The molecule has 1 heterocycles. The Bertz CT molecular complexity index is 1050. The van der Waals surface area contributed by atoms with Gasteiger partial charge >= 0.3 is 0 Å². The van der Waals surface area contributed by atoms with Gasteiger partial charge in [-0.25, -0.2) is 0 Å². The summed E-state index contributed by atoms with van der Waals surface area (Å²) in [4.78, 5) is 34.8. The lowest BCUT2D eigenvalue weighted by atomic mass is 9.98. The number of pyridine rings is 1. The molecule has 2 aromatic carbocycles. The molecule has 0 aliphatic heterocycles. The topological polar surface area (TPSA) is 102 Å². The maximum absolute atomic E-state index is 12.5. The van der Waals surface area contributed by atoms with Gasteiger partial charge in [0.15, 0.2) is 0 Å². The number of benzene rings is 2. The van der Waals surface area contributed by atoms with Gasteiger partial charge in [-0.15, -0.1) is 0 Å². The van der Waals surface area contributed by atoms with Crippen molar-refractivity contribution in [2.24, 2.45) is 5.73 Å². The molecule has 1 amide bonds. The third kappa shape index (κ3) is 2.97. The van der Waals surface area contributed by atoms with Crippen LogP contribution in [-0.2, 0) is 4.79 Å². The average molecular weight is 350 g/mol. The molecule has 0 spiro atoms. The number of hydrogen-bond donors (Lipinski definition) is 2. The number of aromatic nitrogens is 1. The van der Waals surface area contributed by atoms with E-state index in [1.54, 1.807) is 16.7 Å². The summed E-state index contributed by atoms with van der Waals surface area (Å²) in [6.45, 7) is 1.96. The molecule has 0 radical (unpaired) electrons. The minimum absolute atomic E-state index is 0.0437. The first-order valence-corrected chi connectivity index (χ1v) is 8.15. The van der Waals surface area contributed by atoms with Crippen molar-refractivity contribution in [1.82, 2.24) is 4.57 Å². The second kappa shape index (κ2) is 6.84. The predicted octanol–water partition coefficient (Wildman–Crippen LogP) is 2.49. The van der Waals surface area contributed by atoms with Crippen LogP contribution in [0.3, 0.4) is 0 Å². The first-order chi connectivity index (χ1) is 12.4. The first-order valence-electron chi connectivity index (χ1n) is 8.15. The minimum atomic E-state index is -0.856. The Morgan fingerprint density at radius 2 is 1.92 bits per heavy atom. The van der Waals surface area contributed by atoms with Crippen molar-refractivity contribution in [3.63, 3.8) is 0 Å². The third-order valence-corrected chi connectivity index (χ3v) is 4.47. The smallest absolute Gasteiger partial charge is 0.254 e. The van der Waals surface area contributed by atoms with E-state index in [1.807, 2.05) is 31.2 Å². The van der Waals surface area contributed by atoms with Gasteiger partial charge in [0.2, 0.25) is 5.43 Å². The van der Waals surface area contributed by atoms with Crippen LogP contribution in [0, 0.1) is 0 Å². The van der Waals surface area contributed by atoms with Crippen LogP contribution in [0.4, 0.5) is 0 Å². The number of aldehydes is 1. The fourth-order valence-corrected chi connectivity index (χ4v) is 2.99. The van der Waals surface area contributed by atoms with Gasteiger partial charge in [0, 0.05) is 18.3 Å². The number of rotatable bonds is 5. The van der Waals surface area contributed by atoms with E-state index in [1.165, 1.54) is 12.3 Å². The largest absolute Gasteiger partial charge is 0.507 e. The molecule has 0 saturated carbocycles. The number of fused-ring (bicyclic) bond motifs is 1.